The summed E-state index contributed by atoms with van der Waals surface area (Å²) in [7, 11) is 1.53. The topological polar surface area (TPSA) is 12.0 Å². The predicted molar refractivity (Wildman–Crippen MR) is 68.4 cm³/mol. The van der Waals surface area contributed by atoms with E-state index in [0.29, 0.717) is 5.56 Å². The zero-order valence-corrected chi connectivity index (χ0v) is 11.0. The fraction of sp³-hybridized carbons (Fsp3) is 0.200. The van der Waals surface area contributed by atoms with Crippen molar-refractivity contribution in [2.24, 2.45) is 0 Å². The average Bonchev–Trinajstić information content (AvgIpc) is 2.40. The molecule has 0 spiro atoms. The molecule has 0 bridgehead atoms. The normalized spacial score (nSPS) is 12.5. The van der Waals surface area contributed by atoms with Crippen LogP contribution in [0.3, 0.4) is 0 Å². The van der Waals surface area contributed by atoms with E-state index >= 15 is 0 Å². The van der Waals surface area contributed by atoms with Crippen molar-refractivity contribution in [2.45, 2.75) is 13.0 Å². The largest absolute Gasteiger partial charge is 0.309 e. The van der Waals surface area contributed by atoms with Crippen LogP contribution in [0.15, 0.2) is 30.3 Å². The fourth-order valence-electron chi connectivity index (χ4n) is 2.08. The van der Waals surface area contributed by atoms with Gasteiger partial charge in [-0.1, -0.05) is 6.07 Å². The quantitative estimate of drug-likeness (QED) is 0.843. The molecule has 1 nitrogen and oxygen atoms in total. The van der Waals surface area contributed by atoms with Crippen molar-refractivity contribution in [3.05, 3.63) is 70.3 Å². The minimum atomic E-state index is -1.03. The van der Waals surface area contributed by atoms with Gasteiger partial charge in [0.15, 0.2) is 11.6 Å². The highest BCUT2D eigenvalue weighted by atomic mass is 19.2. The standard InChI is InChI=1S/C15H13F4N/c1-8-5-13(18)10(7-12(8)17)15(20-2)9-3-4-11(16)14(19)6-9/h3-7,15,20H,1-2H3. The van der Waals surface area contributed by atoms with Crippen LogP contribution in [-0.4, -0.2) is 7.05 Å². The molecule has 2 aromatic rings. The van der Waals surface area contributed by atoms with Gasteiger partial charge in [-0.2, -0.15) is 0 Å². The molecule has 1 atom stereocenters. The minimum Gasteiger partial charge on any atom is -0.309 e. The lowest BCUT2D eigenvalue weighted by Crippen LogP contribution is -2.19. The van der Waals surface area contributed by atoms with E-state index in [1.54, 1.807) is 0 Å². The molecule has 0 aliphatic rings. The van der Waals surface area contributed by atoms with E-state index in [0.717, 1.165) is 24.3 Å². The summed E-state index contributed by atoms with van der Waals surface area (Å²) < 4.78 is 53.7. The first-order valence-corrected chi connectivity index (χ1v) is 6.01. The molecule has 0 radical (unpaired) electrons. The van der Waals surface area contributed by atoms with Crippen LogP contribution in [0.2, 0.25) is 0 Å². The molecule has 2 rings (SSSR count). The number of hydrogen-bond acceptors (Lipinski definition) is 1. The minimum absolute atomic E-state index is 0.0432. The number of aryl methyl sites for hydroxylation is 1. The molecule has 106 valence electrons. The van der Waals surface area contributed by atoms with Crippen molar-refractivity contribution in [3.63, 3.8) is 0 Å². The lowest BCUT2D eigenvalue weighted by Gasteiger charge is -2.18. The van der Waals surface area contributed by atoms with Gasteiger partial charge >= 0.3 is 0 Å². The summed E-state index contributed by atoms with van der Waals surface area (Å²) in [6.45, 7) is 1.45. The summed E-state index contributed by atoms with van der Waals surface area (Å²) >= 11 is 0. The summed E-state index contributed by atoms with van der Waals surface area (Å²) in [6.07, 6.45) is 0. The Morgan fingerprint density at radius 1 is 0.850 bits per heavy atom. The fourth-order valence-corrected chi connectivity index (χ4v) is 2.08. The summed E-state index contributed by atoms with van der Waals surface area (Å²) in [5, 5.41) is 2.77. The van der Waals surface area contributed by atoms with Crippen molar-refractivity contribution in [1.29, 1.82) is 0 Å². The van der Waals surface area contributed by atoms with E-state index in [4.69, 9.17) is 0 Å². The van der Waals surface area contributed by atoms with Gasteiger partial charge in [0.1, 0.15) is 11.6 Å². The highest BCUT2D eigenvalue weighted by Gasteiger charge is 2.19. The van der Waals surface area contributed by atoms with Gasteiger partial charge in [0.2, 0.25) is 0 Å². The van der Waals surface area contributed by atoms with Crippen molar-refractivity contribution in [3.8, 4) is 0 Å². The van der Waals surface area contributed by atoms with E-state index in [-0.39, 0.29) is 11.1 Å². The number of benzene rings is 2. The highest BCUT2D eigenvalue weighted by Crippen LogP contribution is 2.27. The van der Waals surface area contributed by atoms with E-state index in [1.807, 2.05) is 0 Å². The lowest BCUT2D eigenvalue weighted by molar-refractivity contribution is 0.503. The van der Waals surface area contributed by atoms with E-state index in [1.165, 1.54) is 20.0 Å². The molecular formula is C15H13F4N. The molecule has 1 unspecified atom stereocenters. The molecule has 0 aromatic heterocycles. The third-order valence-corrected chi connectivity index (χ3v) is 3.15. The van der Waals surface area contributed by atoms with Crippen molar-refractivity contribution >= 4 is 0 Å². The highest BCUT2D eigenvalue weighted by molar-refractivity contribution is 5.35. The molecule has 0 amide bonds. The zero-order valence-electron chi connectivity index (χ0n) is 11.0. The molecule has 1 N–H and O–H groups in total. The molecular weight excluding hydrogens is 270 g/mol. The molecule has 2 aromatic carbocycles. The SMILES string of the molecule is CNC(c1ccc(F)c(F)c1)c1cc(F)c(C)cc1F. The Hall–Kier alpha value is -1.88. The predicted octanol–water partition coefficient (Wildman–Crippen LogP) is 3.86. The average molecular weight is 283 g/mol. The maximum atomic E-state index is 14.0. The Kier molecular flexibility index (Phi) is 4.09. The summed E-state index contributed by atoms with van der Waals surface area (Å²) in [5.41, 5.74) is 0.543. The number of halogens is 4. The van der Waals surface area contributed by atoms with Gasteiger partial charge in [0, 0.05) is 5.56 Å². The number of rotatable bonds is 3. The first kappa shape index (κ1) is 14.5. The Bertz CT molecular complexity index is 640. The van der Waals surface area contributed by atoms with Crippen LogP contribution in [-0.2, 0) is 0 Å². The molecule has 0 saturated heterocycles. The second-order valence-electron chi connectivity index (χ2n) is 4.52. The van der Waals surface area contributed by atoms with Crippen molar-refractivity contribution < 1.29 is 17.6 Å². The lowest BCUT2D eigenvalue weighted by atomic mass is 9.97. The Labute approximate surface area is 114 Å². The van der Waals surface area contributed by atoms with Gasteiger partial charge in [-0.15, -0.1) is 0 Å². The first-order valence-electron chi connectivity index (χ1n) is 6.01. The third kappa shape index (κ3) is 2.67. The molecule has 5 heteroatoms. The van der Waals surface area contributed by atoms with Crippen LogP contribution < -0.4 is 5.32 Å². The van der Waals surface area contributed by atoms with Crippen LogP contribution in [0.4, 0.5) is 17.6 Å². The van der Waals surface area contributed by atoms with E-state index in [9.17, 15) is 17.6 Å². The Morgan fingerprint density at radius 2 is 1.55 bits per heavy atom. The van der Waals surface area contributed by atoms with Crippen LogP contribution in [0.5, 0.6) is 0 Å². The zero-order chi connectivity index (χ0) is 14.9. The number of hydrogen-bond donors (Lipinski definition) is 1. The molecule has 0 fully saturated rings. The first-order chi connectivity index (χ1) is 9.43. The Balaban J connectivity index is 2.52. The second kappa shape index (κ2) is 5.63. The van der Waals surface area contributed by atoms with Crippen LogP contribution >= 0.6 is 0 Å². The molecule has 20 heavy (non-hydrogen) atoms. The van der Waals surface area contributed by atoms with Crippen LogP contribution in [0, 0.1) is 30.2 Å². The van der Waals surface area contributed by atoms with Gasteiger partial charge in [-0.25, -0.2) is 17.6 Å². The van der Waals surface area contributed by atoms with Crippen molar-refractivity contribution in [2.75, 3.05) is 7.05 Å². The second-order valence-corrected chi connectivity index (χ2v) is 4.52. The van der Waals surface area contributed by atoms with Crippen molar-refractivity contribution in [1.82, 2.24) is 5.32 Å². The van der Waals surface area contributed by atoms with E-state index in [2.05, 4.69) is 5.32 Å². The maximum Gasteiger partial charge on any atom is 0.159 e. The monoisotopic (exact) mass is 283 g/mol. The van der Waals surface area contributed by atoms with Gasteiger partial charge in [-0.3, -0.25) is 0 Å². The summed E-state index contributed by atoms with van der Waals surface area (Å²) in [5.74, 6) is -3.17. The molecule has 0 heterocycles. The smallest absolute Gasteiger partial charge is 0.159 e. The van der Waals surface area contributed by atoms with E-state index < -0.39 is 29.3 Å². The Morgan fingerprint density at radius 3 is 2.15 bits per heavy atom. The molecule has 0 saturated carbocycles. The number of nitrogens with one attached hydrogen (secondary N) is 1. The van der Waals surface area contributed by atoms with Gasteiger partial charge in [0.25, 0.3) is 0 Å². The van der Waals surface area contributed by atoms with Gasteiger partial charge < -0.3 is 5.32 Å². The van der Waals surface area contributed by atoms with Crippen LogP contribution in [0.1, 0.15) is 22.7 Å². The van der Waals surface area contributed by atoms with Crippen LogP contribution in [0.25, 0.3) is 0 Å². The maximum absolute atomic E-state index is 14.0. The van der Waals surface area contributed by atoms with Gasteiger partial charge in [0.05, 0.1) is 6.04 Å². The third-order valence-electron chi connectivity index (χ3n) is 3.15. The van der Waals surface area contributed by atoms with Gasteiger partial charge in [-0.05, 0) is 49.4 Å². The summed E-state index contributed by atoms with van der Waals surface area (Å²) in [4.78, 5) is 0. The summed E-state index contributed by atoms with van der Waals surface area (Å²) in [6, 6.07) is 4.63. The molecule has 0 aliphatic heterocycles. The molecule has 0 aliphatic carbocycles.